The maximum absolute atomic E-state index is 5.42. The highest BCUT2D eigenvalue weighted by Crippen LogP contribution is 2.30. The predicted octanol–water partition coefficient (Wildman–Crippen LogP) is 2.47. The smallest absolute Gasteiger partial charge is 0.150 e. The third-order valence-corrected chi connectivity index (χ3v) is 5.07. The second-order valence-corrected chi connectivity index (χ2v) is 7.02. The zero-order valence-electron chi connectivity index (χ0n) is 13.7. The van der Waals surface area contributed by atoms with Crippen molar-refractivity contribution >= 4 is 0 Å². The lowest BCUT2D eigenvalue weighted by Crippen LogP contribution is -2.43. The molecule has 5 heteroatoms. The van der Waals surface area contributed by atoms with Crippen molar-refractivity contribution in [2.45, 2.75) is 38.9 Å². The second-order valence-electron chi connectivity index (χ2n) is 7.02. The number of aryl methyl sites for hydroxylation is 1. The van der Waals surface area contributed by atoms with Gasteiger partial charge in [-0.05, 0) is 37.3 Å². The highest BCUT2D eigenvalue weighted by atomic mass is 16.5. The summed E-state index contributed by atoms with van der Waals surface area (Å²) in [7, 11) is 0. The molecule has 3 aliphatic rings. The minimum absolute atomic E-state index is 0.621. The number of hydrogen-bond donors (Lipinski definition) is 0. The molecule has 2 aromatic heterocycles. The normalized spacial score (nSPS) is 25.6. The first-order valence-electron chi connectivity index (χ1n) is 8.54. The molecule has 2 atom stereocenters. The first-order valence-corrected chi connectivity index (χ1v) is 8.54. The number of hydrogen-bond acceptors (Lipinski definition) is 5. The van der Waals surface area contributed by atoms with Gasteiger partial charge in [0.05, 0.1) is 12.2 Å². The lowest BCUT2D eigenvalue weighted by Gasteiger charge is -2.35. The first-order chi connectivity index (χ1) is 11.3. The second kappa shape index (κ2) is 6.42. The van der Waals surface area contributed by atoms with E-state index in [0.717, 1.165) is 37.0 Å². The van der Waals surface area contributed by atoms with Crippen LogP contribution in [0.25, 0.3) is 0 Å². The molecule has 5 heterocycles. The molecule has 0 amide bonds. The molecular formula is C18H24N4O. The predicted molar refractivity (Wildman–Crippen MR) is 87.7 cm³/mol. The van der Waals surface area contributed by atoms with Gasteiger partial charge in [0, 0.05) is 50.7 Å². The van der Waals surface area contributed by atoms with Crippen molar-refractivity contribution < 1.29 is 4.52 Å². The monoisotopic (exact) mass is 312 g/mol. The zero-order valence-corrected chi connectivity index (χ0v) is 13.7. The van der Waals surface area contributed by atoms with E-state index < -0.39 is 0 Å². The Kier molecular flexibility index (Phi) is 4.14. The van der Waals surface area contributed by atoms with E-state index in [4.69, 9.17) is 4.52 Å². The molecule has 3 aliphatic heterocycles. The van der Waals surface area contributed by atoms with Gasteiger partial charge >= 0.3 is 0 Å². The van der Waals surface area contributed by atoms with Gasteiger partial charge in [-0.2, -0.15) is 0 Å². The molecule has 0 N–H and O–H groups in total. The summed E-state index contributed by atoms with van der Waals surface area (Å²) in [6.07, 6.45) is 6.47. The summed E-state index contributed by atoms with van der Waals surface area (Å²) < 4.78 is 5.42. The SMILES string of the molecule is Cc1cc(CN2C[C@H]3CC[C@@H]2CN(Cc2cccnc2)C3)on1. The minimum atomic E-state index is 0.621. The number of fused-ring (bicyclic) bond motifs is 4. The van der Waals surface area contributed by atoms with Crippen LogP contribution in [0.4, 0.5) is 0 Å². The molecule has 3 saturated heterocycles. The van der Waals surface area contributed by atoms with Crippen molar-refractivity contribution in [2.24, 2.45) is 5.92 Å². The van der Waals surface area contributed by atoms with Crippen LogP contribution in [0.5, 0.6) is 0 Å². The Morgan fingerprint density at radius 1 is 1.22 bits per heavy atom. The minimum Gasteiger partial charge on any atom is -0.360 e. The molecular weight excluding hydrogens is 288 g/mol. The number of pyridine rings is 1. The Balaban J connectivity index is 1.44. The van der Waals surface area contributed by atoms with Crippen molar-refractivity contribution in [2.75, 3.05) is 19.6 Å². The van der Waals surface area contributed by atoms with Crippen LogP contribution < -0.4 is 0 Å². The fourth-order valence-corrected chi connectivity index (χ4v) is 4.04. The third kappa shape index (κ3) is 3.46. The van der Waals surface area contributed by atoms with Crippen LogP contribution in [0.3, 0.4) is 0 Å². The van der Waals surface area contributed by atoms with Crippen molar-refractivity contribution in [3.05, 3.63) is 47.6 Å². The molecule has 122 valence electrons. The van der Waals surface area contributed by atoms with Gasteiger partial charge in [0.1, 0.15) is 0 Å². The fraction of sp³-hybridized carbons (Fsp3) is 0.556. The van der Waals surface area contributed by atoms with Crippen LogP contribution >= 0.6 is 0 Å². The van der Waals surface area contributed by atoms with Crippen LogP contribution in [-0.4, -0.2) is 45.6 Å². The van der Waals surface area contributed by atoms with Gasteiger partial charge in [-0.15, -0.1) is 0 Å². The molecule has 2 aromatic rings. The molecule has 5 rings (SSSR count). The average Bonchev–Trinajstić information content (AvgIpc) is 2.77. The van der Waals surface area contributed by atoms with Gasteiger partial charge in [-0.25, -0.2) is 0 Å². The van der Waals surface area contributed by atoms with Gasteiger partial charge in [0.2, 0.25) is 0 Å². The van der Waals surface area contributed by atoms with Crippen molar-refractivity contribution in [1.82, 2.24) is 19.9 Å². The summed E-state index contributed by atoms with van der Waals surface area (Å²) in [6, 6.07) is 6.89. The highest BCUT2D eigenvalue weighted by molar-refractivity contribution is 5.09. The summed E-state index contributed by atoms with van der Waals surface area (Å²) in [6.45, 7) is 7.39. The Morgan fingerprint density at radius 2 is 2.17 bits per heavy atom. The molecule has 0 unspecified atom stereocenters. The van der Waals surface area contributed by atoms with Crippen molar-refractivity contribution in [3.8, 4) is 0 Å². The largest absolute Gasteiger partial charge is 0.360 e. The Labute approximate surface area is 137 Å². The van der Waals surface area contributed by atoms with E-state index >= 15 is 0 Å². The van der Waals surface area contributed by atoms with Gasteiger partial charge in [-0.3, -0.25) is 14.8 Å². The number of aromatic nitrogens is 2. The van der Waals surface area contributed by atoms with E-state index in [1.54, 1.807) is 0 Å². The Hall–Kier alpha value is -1.72. The first kappa shape index (κ1) is 14.8. The topological polar surface area (TPSA) is 45.4 Å². The Morgan fingerprint density at radius 3 is 2.96 bits per heavy atom. The number of piperidine rings is 1. The van der Waals surface area contributed by atoms with Crippen LogP contribution in [0.2, 0.25) is 0 Å². The van der Waals surface area contributed by atoms with Crippen LogP contribution in [0.1, 0.15) is 29.9 Å². The van der Waals surface area contributed by atoms with Gasteiger partial charge < -0.3 is 4.52 Å². The van der Waals surface area contributed by atoms with E-state index in [0.29, 0.717) is 6.04 Å². The summed E-state index contributed by atoms with van der Waals surface area (Å²) in [5, 5.41) is 4.02. The molecule has 2 bridgehead atoms. The fourth-order valence-electron chi connectivity index (χ4n) is 4.04. The molecule has 0 aliphatic carbocycles. The quantitative estimate of drug-likeness (QED) is 0.868. The zero-order chi connectivity index (χ0) is 15.6. The van der Waals surface area contributed by atoms with Gasteiger partial charge in [0.15, 0.2) is 5.76 Å². The molecule has 3 fully saturated rings. The van der Waals surface area contributed by atoms with Crippen molar-refractivity contribution in [3.63, 3.8) is 0 Å². The lowest BCUT2D eigenvalue weighted by molar-refractivity contribution is 0.111. The van der Waals surface area contributed by atoms with Crippen LogP contribution in [0, 0.1) is 12.8 Å². The number of nitrogens with zero attached hydrogens (tertiary/aromatic N) is 4. The molecule has 0 saturated carbocycles. The lowest BCUT2D eigenvalue weighted by atomic mass is 9.95. The maximum Gasteiger partial charge on any atom is 0.150 e. The summed E-state index contributed by atoms with van der Waals surface area (Å²) in [4.78, 5) is 9.44. The molecule has 23 heavy (non-hydrogen) atoms. The van der Waals surface area contributed by atoms with Gasteiger partial charge in [0.25, 0.3) is 0 Å². The van der Waals surface area contributed by atoms with E-state index in [9.17, 15) is 0 Å². The molecule has 5 nitrogen and oxygen atoms in total. The number of rotatable bonds is 4. The van der Waals surface area contributed by atoms with Crippen LogP contribution in [-0.2, 0) is 13.1 Å². The average molecular weight is 312 g/mol. The third-order valence-electron chi connectivity index (χ3n) is 5.07. The van der Waals surface area contributed by atoms with Crippen LogP contribution in [0.15, 0.2) is 35.1 Å². The van der Waals surface area contributed by atoms with E-state index in [1.165, 1.54) is 31.5 Å². The van der Waals surface area contributed by atoms with Gasteiger partial charge in [-0.1, -0.05) is 11.2 Å². The molecule has 0 radical (unpaired) electrons. The van der Waals surface area contributed by atoms with E-state index in [1.807, 2.05) is 25.4 Å². The van der Waals surface area contributed by atoms with E-state index in [2.05, 4.69) is 32.1 Å². The highest BCUT2D eigenvalue weighted by Gasteiger charge is 2.35. The maximum atomic E-state index is 5.42. The summed E-state index contributed by atoms with van der Waals surface area (Å²) in [5.74, 6) is 1.75. The molecule has 0 aromatic carbocycles. The standard InChI is InChI=1S/C18H24N4O/c1-14-7-18(23-20-14)13-22-11-16-4-5-17(22)12-21(10-16)9-15-3-2-6-19-8-15/h2-3,6-8,16-17H,4-5,9-13H2,1H3/t16-,17+/m0/s1. The van der Waals surface area contributed by atoms with E-state index in [-0.39, 0.29) is 0 Å². The van der Waals surface area contributed by atoms with Crippen molar-refractivity contribution in [1.29, 1.82) is 0 Å². The summed E-state index contributed by atoms with van der Waals surface area (Å²) in [5.41, 5.74) is 2.28. The Bertz CT molecular complexity index is 641. The molecule has 0 spiro atoms. The summed E-state index contributed by atoms with van der Waals surface area (Å²) >= 11 is 0.